The molecule has 0 atom stereocenters. The van der Waals surface area contributed by atoms with Gasteiger partial charge in [-0.05, 0) is 32.4 Å². The highest BCUT2D eigenvalue weighted by Gasteiger charge is 2.14. The molecule has 3 heterocycles. The van der Waals surface area contributed by atoms with Crippen molar-refractivity contribution < 1.29 is 5.11 Å². The topological polar surface area (TPSA) is 77.1 Å². The molecule has 0 amide bonds. The predicted molar refractivity (Wildman–Crippen MR) is 101 cm³/mol. The molecule has 0 unspecified atom stereocenters. The van der Waals surface area contributed by atoms with Crippen LogP contribution in [0.25, 0.3) is 20.8 Å². The van der Waals surface area contributed by atoms with Crippen LogP contribution in [0.2, 0.25) is 0 Å². The van der Waals surface area contributed by atoms with Gasteiger partial charge in [0.25, 0.3) is 0 Å². The summed E-state index contributed by atoms with van der Waals surface area (Å²) < 4.78 is 1.13. The van der Waals surface area contributed by atoms with Gasteiger partial charge in [0.15, 0.2) is 0 Å². The van der Waals surface area contributed by atoms with Gasteiger partial charge in [-0.25, -0.2) is 4.98 Å². The van der Waals surface area contributed by atoms with Crippen molar-refractivity contribution in [3.63, 3.8) is 0 Å². The lowest BCUT2D eigenvalue weighted by Crippen LogP contribution is -2.23. The first-order valence-corrected chi connectivity index (χ1v) is 9.12. The van der Waals surface area contributed by atoms with E-state index in [2.05, 4.69) is 46.4 Å². The fourth-order valence-electron chi connectivity index (χ4n) is 2.68. The Kier molecular flexibility index (Phi) is 5.32. The monoisotopic (exact) mass is 345 g/mol. The molecule has 0 saturated carbocycles. The van der Waals surface area contributed by atoms with Crippen molar-refractivity contribution in [1.82, 2.24) is 15.2 Å². The molecule has 0 fully saturated rings. The Balaban J connectivity index is 2.05. The molecular weight excluding hydrogens is 322 g/mol. The average molecular weight is 345 g/mol. The number of hydrogen-bond acceptors (Lipinski definition) is 6. The number of aliphatic hydroxyl groups is 1. The molecule has 0 aliphatic heterocycles. The Labute approximate surface area is 145 Å². The summed E-state index contributed by atoms with van der Waals surface area (Å²) in [5.74, 6) is 0.980. The third-order valence-electron chi connectivity index (χ3n) is 3.97. The lowest BCUT2D eigenvalue weighted by Gasteiger charge is -2.21. The quantitative estimate of drug-likeness (QED) is 0.546. The van der Waals surface area contributed by atoms with Crippen LogP contribution in [0.4, 0.5) is 11.5 Å². The van der Waals surface area contributed by atoms with Crippen LogP contribution >= 0.6 is 11.3 Å². The first-order chi connectivity index (χ1) is 11.8. The molecule has 0 aromatic carbocycles. The minimum absolute atomic E-state index is 0.188. The van der Waals surface area contributed by atoms with Crippen LogP contribution in [-0.2, 0) is 0 Å². The molecule has 24 heavy (non-hydrogen) atoms. The summed E-state index contributed by atoms with van der Waals surface area (Å²) in [5.41, 5.74) is 3.07. The van der Waals surface area contributed by atoms with Crippen LogP contribution in [-0.4, -0.2) is 46.5 Å². The Hall–Kier alpha value is -2.12. The Morgan fingerprint density at radius 1 is 1.29 bits per heavy atom. The number of hydrogen-bond donors (Lipinski definition) is 3. The summed E-state index contributed by atoms with van der Waals surface area (Å²) in [7, 11) is 0. The van der Waals surface area contributed by atoms with Gasteiger partial charge < -0.3 is 15.3 Å². The molecule has 7 heteroatoms. The van der Waals surface area contributed by atoms with Gasteiger partial charge in [-0.1, -0.05) is 0 Å². The van der Waals surface area contributed by atoms with E-state index in [9.17, 15) is 0 Å². The van der Waals surface area contributed by atoms with Crippen molar-refractivity contribution in [2.45, 2.75) is 20.3 Å². The summed E-state index contributed by atoms with van der Waals surface area (Å²) in [5, 5.41) is 19.5. The molecule has 0 radical (unpaired) electrons. The van der Waals surface area contributed by atoms with Gasteiger partial charge in [0, 0.05) is 38.5 Å². The summed E-state index contributed by atoms with van der Waals surface area (Å²) in [4.78, 5) is 8.21. The zero-order chi connectivity index (χ0) is 16.9. The Morgan fingerprint density at radius 2 is 2.12 bits per heavy atom. The van der Waals surface area contributed by atoms with E-state index in [0.29, 0.717) is 0 Å². The van der Waals surface area contributed by atoms with Gasteiger partial charge in [0.1, 0.15) is 5.82 Å². The number of H-pyrrole nitrogens is 1. The van der Waals surface area contributed by atoms with Crippen molar-refractivity contribution in [3.8, 4) is 10.6 Å². The molecule has 0 aliphatic rings. The average Bonchev–Trinajstić information content (AvgIpc) is 3.25. The molecular formula is C17H23N5OS. The summed E-state index contributed by atoms with van der Waals surface area (Å²) in [6, 6.07) is 6.19. The highest BCUT2D eigenvalue weighted by molar-refractivity contribution is 7.22. The molecule has 3 N–H and O–H groups in total. The number of nitrogens with zero attached hydrogens (tertiary/aromatic N) is 3. The molecule has 3 aromatic rings. The number of anilines is 2. The summed E-state index contributed by atoms with van der Waals surface area (Å²) in [6.07, 6.45) is 2.48. The molecule has 6 nitrogen and oxygen atoms in total. The number of aromatic nitrogens is 3. The van der Waals surface area contributed by atoms with E-state index in [4.69, 9.17) is 10.1 Å². The van der Waals surface area contributed by atoms with Crippen molar-refractivity contribution in [2.24, 2.45) is 0 Å². The van der Waals surface area contributed by atoms with E-state index in [1.165, 1.54) is 0 Å². The second-order valence-electron chi connectivity index (χ2n) is 5.50. The van der Waals surface area contributed by atoms with Gasteiger partial charge in [0.2, 0.25) is 0 Å². The molecule has 0 aliphatic carbocycles. The van der Waals surface area contributed by atoms with Crippen molar-refractivity contribution >= 4 is 33.1 Å². The lowest BCUT2D eigenvalue weighted by atomic mass is 10.2. The second-order valence-corrected chi connectivity index (χ2v) is 6.55. The van der Waals surface area contributed by atoms with Crippen molar-refractivity contribution in [3.05, 3.63) is 24.4 Å². The second kappa shape index (κ2) is 7.63. The van der Waals surface area contributed by atoms with Crippen LogP contribution in [0.15, 0.2) is 24.4 Å². The highest BCUT2D eigenvalue weighted by Crippen LogP contribution is 2.37. The number of aliphatic hydroxyl groups excluding tert-OH is 1. The minimum Gasteiger partial charge on any atom is -0.396 e. The fourth-order valence-corrected chi connectivity index (χ4v) is 3.74. The standard InChI is InChI=1S/C17H23N5OS/c1-3-22(4-2)16-11-13(18-7-5-9-23)17-14(20-16)10-15(24-17)12-6-8-19-21-12/h6,8,10-11,23H,3-5,7,9H2,1-2H3,(H,18,20)(H,19,21). The van der Waals surface area contributed by atoms with Crippen LogP contribution in [0.1, 0.15) is 20.3 Å². The number of aromatic amines is 1. The zero-order valence-electron chi connectivity index (χ0n) is 14.0. The number of fused-ring (bicyclic) bond motifs is 1. The van der Waals surface area contributed by atoms with Crippen molar-refractivity contribution in [2.75, 3.05) is 36.5 Å². The van der Waals surface area contributed by atoms with E-state index in [0.717, 1.165) is 58.3 Å². The first kappa shape index (κ1) is 16.7. The zero-order valence-corrected chi connectivity index (χ0v) is 14.9. The van der Waals surface area contributed by atoms with E-state index in [-0.39, 0.29) is 6.61 Å². The normalized spacial score (nSPS) is 11.1. The van der Waals surface area contributed by atoms with Gasteiger partial charge >= 0.3 is 0 Å². The van der Waals surface area contributed by atoms with Gasteiger partial charge in [-0.2, -0.15) is 5.10 Å². The molecule has 0 spiro atoms. The van der Waals surface area contributed by atoms with Gasteiger partial charge in [-0.15, -0.1) is 11.3 Å². The van der Waals surface area contributed by atoms with Crippen LogP contribution in [0.3, 0.4) is 0 Å². The summed E-state index contributed by atoms with van der Waals surface area (Å²) >= 11 is 1.70. The fraction of sp³-hybridized carbons (Fsp3) is 0.412. The van der Waals surface area contributed by atoms with E-state index >= 15 is 0 Å². The van der Waals surface area contributed by atoms with Gasteiger partial charge in [-0.3, -0.25) is 5.10 Å². The largest absolute Gasteiger partial charge is 0.396 e. The SMILES string of the molecule is CCN(CC)c1cc(NCCCO)c2sc(-c3ccn[nH]3)cc2n1. The molecule has 128 valence electrons. The van der Waals surface area contributed by atoms with Crippen LogP contribution < -0.4 is 10.2 Å². The number of rotatable bonds is 8. The maximum atomic E-state index is 9.04. The third-order valence-corrected chi connectivity index (χ3v) is 5.16. The van der Waals surface area contributed by atoms with E-state index in [1.54, 1.807) is 17.5 Å². The van der Waals surface area contributed by atoms with Gasteiger partial charge in [0.05, 0.1) is 26.5 Å². The number of pyridine rings is 1. The Bertz CT molecular complexity index is 780. The molecule has 0 saturated heterocycles. The van der Waals surface area contributed by atoms with Crippen LogP contribution in [0, 0.1) is 0 Å². The van der Waals surface area contributed by atoms with E-state index in [1.807, 2.05) is 6.07 Å². The molecule has 0 bridgehead atoms. The molecule has 3 aromatic heterocycles. The minimum atomic E-state index is 0.188. The third kappa shape index (κ3) is 3.37. The Morgan fingerprint density at radius 3 is 2.79 bits per heavy atom. The van der Waals surface area contributed by atoms with Crippen LogP contribution in [0.5, 0.6) is 0 Å². The first-order valence-electron chi connectivity index (χ1n) is 8.30. The highest BCUT2D eigenvalue weighted by atomic mass is 32.1. The number of thiophene rings is 1. The summed E-state index contributed by atoms with van der Waals surface area (Å²) in [6.45, 7) is 7.04. The van der Waals surface area contributed by atoms with Crippen molar-refractivity contribution in [1.29, 1.82) is 0 Å². The number of nitrogens with one attached hydrogen (secondary N) is 2. The smallest absolute Gasteiger partial charge is 0.131 e. The lowest BCUT2D eigenvalue weighted by molar-refractivity contribution is 0.292. The molecule has 3 rings (SSSR count). The predicted octanol–water partition coefficient (Wildman–Crippen LogP) is 3.33. The maximum Gasteiger partial charge on any atom is 0.131 e. The maximum absolute atomic E-state index is 9.04. The van der Waals surface area contributed by atoms with E-state index < -0.39 is 0 Å².